The van der Waals surface area contributed by atoms with Crippen molar-refractivity contribution in [3.05, 3.63) is 144 Å². The molecule has 32 heavy (non-hydrogen) atoms. The van der Waals surface area contributed by atoms with E-state index in [4.69, 9.17) is 0 Å². The second-order valence-corrected chi connectivity index (χ2v) is 9.97. The summed E-state index contributed by atoms with van der Waals surface area (Å²) in [5.74, 6) is 1.73. The maximum Gasteiger partial charge on any atom is -0.00132 e. The Hall–Kier alpha value is -3.12. The first-order valence-electron chi connectivity index (χ1n) is 11.8. The van der Waals surface area contributed by atoms with Crippen molar-refractivity contribution in [3.63, 3.8) is 0 Å². The third-order valence-corrected chi connectivity index (χ3v) is 7.52. The van der Waals surface area contributed by atoms with Crippen LogP contribution in [-0.4, -0.2) is 0 Å². The van der Waals surface area contributed by atoms with E-state index in [1.165, 1.54) is 28.7 Å². The van der Waals surface area contributed by atoms with Gasteiger partial charge >= 0.3 is 0 Å². The summed E-state index contributed by atoms with van der Waals surface area (Å²) in [6.45, 7) is 4.97. The fourth-order valence-corrected chi connectivity index (χ4v) is 6.30. The Labute approximate surface area is 193 Å². The lowest BCUT2D eigenvalue weighted by atomic mass is 9.51. The van der Waals surface area contributed by atoms with Crippen LogP contribution in [0.25, 0.3) is 0 Å². The zero-order valence-electron chi connectivity index (χ0n) is 19.1. The van der Waals surface area contributed by atoms with Crippen LogP contribution in [0.15, 0.2) is 121 Å². The molecule has 0 unspecified atom stereocenters. The van der Waals surface area contributed by atoms with E-state index in [1.807, 2.05) is 0 Å². The molecule has 0 aromatic heterocycles. The monoisotopic (exact) mass is 416 g/mol. The van der Waals surface area contributed by atoms with Gasteiger partial charge in [-0.25, -0.2) is 0 Å². The van der Waals surface area contributed by atoms with Crippen LogP contribution in [0.5, 0.6) is 0 Å². The molecule has 1 aliphatic carbocycles. The third-order valence-electron chi connectivity index (χ3n) is 7.52. The van der Waals surface area contributed by atoms with Crippen molar-refractivity contribution in [2.75, 3.05) is 0 Å². The van der Waals surface area contributed by atoms with Gasteiger partial charge in [-0.2, -0.15) is 0 Å². The summed E-state index contributed by atoms with van der Waals surface area (Å²) < 4.78 is 0. The Bertz CT molecular complexity index is 1110. The highest BCUT2D eigenvalue weighted by Gasteiger charge is 2.50. The van der Waals surface area contributed by atoms with E-state index in [9.17, 15) is 0 Å². The first kappa shape index (κ1) is 20.8. The lowest BCUT2D eigenvalue weighted by Gasteiger charge is -2.53. The molecule has 0 N–H and O–H groups in total. The Balaban J connectivity index is 1.75. The quantitative estimate of drug-likeness (QED) is 0.312. The summed E-state index contributed by atoms with van der Waals surface area (Å²) >= 11 is 0. The Morgan fingerprint density at radius 1 is 0.469 bits per heavy atom. The maximum absolute atomic E-state index is 2.48. The van der Waals surface area contributed by atoms with Gasteiger partial charge in [0.05, 0.1) is 0 Å². The highest BCUT2D eigenvalue weighted by molar-refractivity contribution is 5.41. The van der Waals surface area contributed by atoms with Gasteiger partial charge in [0.2, 0.25) is 0 Å². The molecule has 4 atom stereocenters. The molecule has 0 saturated heterocycles. The molecular formula is C32H32. The van der Waals surface area contributed by atoms with Gasteiger partial charge in [0.25, 0.3) is 0 Å². The lowest BCUT2D eigenvalue weighted by Crippen LogP contribution is -2.40. The second-order valence-electron chi connectivity index (χ2n) is 9.97. The fourth-order valence-electron chi connectivity index (χ4n) is 6.30. The maximum atomic E-state index is 2.48. The molecule has 160 valence electrons. The van der Waals surface area contributed by atoms with Crippen molar-refractivity contribution in [1.29, 1.82) is 0 Å². The van der Waals surface area contributed by atoms with Crippen LogP contribution in [-0.2, 0) is 0 Å². The topological polar surface area (TPSA) is 0 Å². The molecular weight excluding hydrogens is 384 g/mol. The predicted molar refractivity (Wildman–Crippen MR) is 135 cm³/mol. The lowest BCUT2D eigenvalue weighted by molar-refractivity contribution is 0.132. The first-order valence-corrected chi connectivity index (χ1v) is 11.8. The third kappa shape index (κ3) is 3.91. The summed E-state index contributed by atoms with van der Waals surface area (Å²) in [4.78, 5) is 0. The standard InChI is InChI=1S/C32H32/c1-32(2)23-28(24-15-7-3-8-16-24)29(25-17-9-4-10-18-25)30(26-19-11-5-12-20-26)31(32)27-21-13-6-14-22-27/h3-22,28-31H,23H2,1-2H3/t28-,29-,30+,31+/m1/s1. The zero-order valence-corrected chi connectivity index (χ0v) is 19.1. The minimum atomic E-state index is 0.160. The Kier molecular flexibility index (Phi) is 5.70. The molecule has 0 aliphatic heterocycles. The van der Waals surface area contributed by atoms with Gasteiger partial charge in [-0.15, -0.1) is 0 Å². The zero-order chi connectivity index (χ0) is 22.0. The van der Waals surface area contributed by atoms with Gasteiger partial charge in [0.15, 0.2) is 0 Å². The van der Waals surface area contributed by atoms with Crippen molar-refractivity contribution in [3.8, 4) is 0 Å². The van der Waals surface area contributed by atoms with E-state index < -0.39 is 0 Å². The van der Waals surface area contributed by atoms with E-state index in [1.54, 1.807) is 0 Å². The second kappa shape index (κ2) is 8.79. The Morgan fingerprint density at radius 3 is 1.31 bits per heavy atom. The molecule has 5 rings (SSSR count). The molecule has 0 radical (unpaired) electrons. The smallest absolute Gasteiger partial charge is 0.00132 e. The van der Waals surface area contributed by atoms with Crippen molar-refractivity contribution < 1.29 is 0 Å². The van der Waals surface area contributed by atoms with Gasteiger partial charge in [0.1, 0.15) is 0 Å². The van der Waals surface area contributed by atoms with Gasteiger partial charge in [-0.05, 0) is 57.8 Å². The minimum absolute atomic E-state index is 0.160. The molecule has 4 aromatic carbocycles. The van der Waals surface area contributed by atoms with Gasteiger partial charge in [-0.3, -0.25) is 0 Å². The predicted octanol–water partition coefficient (Wildman–Crippen LogP) is 8.55. The van der Waals surface area contributed by atoms with Crippen LogP contribution in [0.2, 0.25) is 0 Å². The summed E-state index contributed by atoms with van der Waals surface area (Å²) in [6, 6.07) is 44.9. The summed E-state index contributed by atoms with van der Waals surface area (Å²) in [6.07, 6.45) is 1.17. The number of hydrogen-bond donors (Lipinski definition) is 0. The average molecular weight is 417 g/mol. The van der Waals surface area contributed by atoms with Gasteiger partial charge in [-0.1, -0.05) is 135 Å². The van der Waals surface area contributed by atoms with E-state index in [2.05, 4.69) is 135 Å². The largest absolute Gasteiger partial charge is 0.0622 e. The van der Waals surface area contributed by atoms with Crippen LogP contribution in [0.1, 0.15) is 66.2 Å². The fraction of sp³-hybridized carbons (Fsp3) is 0.250. The van der Waals surface area contributed by atoms with Crippen LogP contribution in [0.4, 0.5) is 0 Å². The molecule has 1 aliphatic rings. The first-order chi connectivity index (χ1) is 15.6. The number of benzene rings is 4. The van der Waals surface area contributed by atoms with Crippen molar-refractivity contribution in [2.45, 2.75) is 43.9 Å². The Morgan fingerprint density at radius 2 is 0.844 bits per heavy atom. The van der Waals surface area contributed by atoms with Crippen molar-refractivity contribution >= 4 is 0 Å². The highest BCUT2D eigenvalue weighted by atomic mass is 14.5. The molecule has 0 heterocycles. The molecule has 0 bridgehead atoms. The average Bonchev–Trinajstić information content (AvgIpc) is 2.85. The molecule has 1 saturated carbocycles. The highest BCUT2D eigenvalue weighted by Crippen LogP contribution is 2.63. The van der Waals surface area contributed by atoms with Gasteiger partial charge in [0, 0.05) is 0 Å². The van der Waals surface area contributed by atoms with Crippen LogP contribution in [0.3, 0.4) is 0 Å². The summed E-state index contributed by atoms with van der Waals surface area (Å²) in [5, 5.41) is 0. The molecule has 0 heteroatoms. The minimum Gasteiger partial charge on any atom is -0.0622 e. The molecule has 0 spiro atoms. The summed E-state index contributed by atoms with van der Waals surface area (Å²) in [5.41, 5.74) is 5.98. The SMILES string of the molecule is CC1(C)C[C@H](c2ccccc2)[C@@H](c2ccccc2)[C@H](c2ccccc2)[C@@H]1c1ccccc1. The van der Waals surface area contributed by atoms with Crippen molar-refractivity contribution in [1.82, 2.24) is 0 Å². The normalized spacial score (nSPS) is 24.7. The molecule has 0 nitrogen and oxygen atoms in total. The van der Waals surface area contributed by atoms with Crippen LogP contribution in [0, 0.1) is 5.41 Å². The number of hydrogen-bond acceptors (Lipinski definition) is 0. The molecule has 0 amide bonds. The van der Waals surface area contributed by atoms with Crippen molar-refractivity contribution in [2.24, 2.45) is 5.41 Å². The summed E-state index contributed by atoms with van der Waals surface area (Å²) in [7, 11) is 0. The van der Waals surface area contributed by atoms with Crippen LogP contribution < -0.4 is 0 Å². The van der Waals surface area contributed by atoms with Crippen LogP contribution >= 0.6 is 0 Å². The molecule has 1 fully saturated rings. The number of rotatable bonds is 4. The van der Waals surface area contributed by atoms with E-state index in [0.29, 0.717) is 23.7 Å². The molecule has 4 aromatic rings. The van der Waals surface area contributed by atoms with Gasteiger partial charge < -0.3 is 0 Å². The van der Waals surface area contributed by atoms with E-state index in [-0.39, 0.29) is 5.41 Å². The van der Waals surface area contributed by atoms with E-state index in [0.717, 1.165) is 0 Å². The van der Waals surface area contributed by atoms with E-state index >= 15 is 0 Å².